The Labute approximate surface area is 135 Å². The Balaban J connectivity index is 1.93. The average Bonchev–Trinajstić information content (AvgIpc) is 2.54. The molecule has 0 saturated carbocycles. The Kier molecular flexibility index (Phi) is 5.40. The number of nitrogens with zero attached hydrogens (tertiary/aromatic N) is 3. The van der Waals surface area contributed by atoms with E-state index in [-0.39, 0.29) is 37.4 Å². The molecule has 1 fully saturated rings. The van der Waals surface area contributed by atoms with Crippen molar-refractivity contribution in [2.24, 2.45) is 0 Å². The van der Waals surface area contributed by atoms with Gasteiger partial charge in [0.2, 0.25) is 0 Å². The predicted octanol–water partition coefficient (Wildman–Crippen LogP) is 1.28. The fraction of sp³-hybridized carbons (Fsp3) is 0.500. The molecule has 1 aliphatic heterocycles. The molecule has 1 aromatic rings. The van der Waals surface area contributed by atoms with E-state index < -0.39 is 29.7 Å². The van der Waals surface area contributed by atoms with E-state index in [0.29, 0.717) is 0 Å². The number of alkyl halides is 3. The van der Waals surface area contributed by atoms with Crippen molar-refractivity contribution in [2.45, 2.75) is 12.3 Å². The number of hydrogen-bond donors (Lipinski definition) is 1. The van der Waals surface area contributed by atoms with Gasteiger partial charge in [0.05, 0.1) is 4.92 Å². The number of carbonyl (C=O) groups excluding carboxylic acids is 1. The number of aliphatic hydroxyl groups excluding tert-OH is 1. The van der Waals surface area contributed by atoms with E-state index in [1.165, 1.54) is 34.1 Å². The van der Waals surface area contributed by atoms with Gasteiger partial charge in [0.15, 0.2) is 6.10 Å². The zero-order valence-corrected chi connectivity index (χ0v) is 12.6. The first-order chi connectivity index (χ1) is 11.2. The molecule has 132 valence electrons. The minimum atomic E-state index is -4.67. The molecule has 10 heteroatoms. The van der Waals surface area contributed by atoms with Crippen molar-refractivity contribution in [3.63, 3.8) is 0 Å². The molecule has 1 amide bonds. The van der Waals surface area contributed by atoms with Gasteiger partial charge in [-0.25, -0.2) is 0 Å². The van der Waals surface area contributed by atoms with Gasteiger partial charge in [-0.2, -0.15) is 13.2 Å². The molecule has 2 rings (SSSR count). The average molecular weight is 347 g/mol. The monoisotopic (exact) mass is 347 g/mol. The van der Waals surface area contributed by atoms with Crippen LogP contribution in [-0.2, 0) is 0 Å². The second kappa shape index (κ2) is 7.14. The quantitative estimate of drug-likeness (QED) is 0.655. The Hall–Kier alpha value is -2.20. The topological polar surface area (TPSA) is 86.9 Å². The highest BCUT2D eigenvalue weighted by atomic mass is 19.4. The van der Waals surface area contributed by atoms with E-state index in [2.05, 4.69) is 0 Å². The summed E-state index contributed by atoms with van der Waals surface area (Å²) in [6.07, 6.45) is -7.09. The molecular weight excluding hydrogens is 331 g/mol. The highest BCUT2D eigenvalue weighted by molar-refractivity contribution is 5.94. The van der Waals surface area contributed by atoms with Gasteiger partial charge in [-0.3, -0.25) is 19.8 Å². The van der Waals surface area contributed by atoms with Crippen LogP contribution in [0.1, 0.15) is 10.4 Å². The molecule has 1 heterocycles. The molecule has 0 aromatic heterocycles. The van der Waals surface area contributed by atoms with Gasteiger partial charge in [0.1, 0.15) is 0 Å². The Morgan fingerprint density at radius 1 is 1.29 bits per heavy atom. The van der Waals surface area contributed by atoms with Crippen molar-refractivity contribution in [2.75, 3.05) is 32.7 Å². The van der Waals surface area contributed by atoms with Gasteiger partial charge in [-0.1, -0.05) is 6.07 Å². The van der Waals surface area contributed by atoms with Crippen molar-refractivity contribution < 1.29 is 28.0 Å². The minimum Gasteiger partial charge on any atom is -0.382 e. The van der Waals surface area contributed by atoms with Gasteiger partial charge in [0, 0.05) is 50.4 Å². The number of nitro groups is 1. The fourth-order valence-corrected chi connectivity index (χ4v) is 2.42. The highest BCUT2D eigenvalue weighted by Crippen LogP contribution is 2.21. The largest absolute Gasteiger partial charge is 0.415 e. The summed E-state index contributed by atoms with van der Waals surface area (Å²) in [6.45, 7) is 0.210. The van der Waals surface area contributed by atoms with Crippen molar-refractivity contribution in [1.29, 1.82) is 0 Å². The molecule has 24 heavy (non-hydrogen) atoms. The zero-order chi connectivity index (χ0) is 17.9. The summed E-state index contributed by atoms with van der Waals surface area (Å²) in [4.78, 5) is 25.3. The minimum absolute atomic E-state index is 0.160. The van der Waals surface area contributed by atoms with Gasteiger partial charge in [-0.05, 0) is 6.07 Å². The van der Waals surface area contributed by atoms with Crippen LogP contribution in [0.2, 0.25) is 0 Å². The number of nitro benzene ring substituents is 1. The highest BCUT2D eigenvalue weighted by Gasteiger charge is 2.39. The summed E-state index contributed by atoms with van der Waals surface area (Å²) in [5.41, 5.74) is -0.0410. The van der Waals surface area contributed by atoms with Crippen molar-refractivity contribution in [1.82, 2.24) is 9.80 Å². The maximum absolute atomic E-state index is 12.3. The third kappa shape index (κ3) is 4.42. The predicted molar refractivity (Wildman–Crippen MR) is 77.5 cm³/mol. The molecule has 0 unspecified atom stereocenters. The molecule has 1 N–H and O–H groups in total. The molecule has 1 aromatic carbocycles. The van der Waals surface area contributed by atoms with Crippen LogP contribution in [0.5, 0.6) is 0 Å². The standard InChI is InChI=1S/C14H16F3N3O4/c15-14(16,17)12(21)9-18-4-6-19(7-5-18)13(22)10-2-1-3-11(8-10)20(23)24/h1-3,8,12,21H,4-7,9H2/t12-/m1/s1. The van der Waals surface area contributed by atoms with Crippen LogP contribution in [0.15, 0.2) is 24.3 Å². The first-order valence-electron chi connectivity index (χ1n) is 7.19. The number of aliphatic hydroxyl groups is 1. The zero-order valence-electron chi connectivity index (χ0n) is 12.6. The van der Waals surface area contributed by atoms with Gasteiger partial charge < -0.3 is 10.0 Å². The van der Waals surface area contributed by atoms with Crippen LogP contribution >= 0.6 is 0 Å². The maximum Gasteiger partial charge on any atom is 0.415 e. The van der Waals surface area contributed by atoms with Crippen molar-refractivity contribution in [3.8, 4) is 0 Å². The molecule has 0 radical (unpaired) electrons. The van der Waals surface area contributed by atoms with E-state index >= 15 is 0 Å². The first kappa shape index (κ1) is 18.1. The van der Waals surface area contributed by atoms with E-state index in [4.69, 9.17) is 5.11 Å². The Bertz CT molecular complexity index is 616. The molecular formula is C14H16F3N3O4. The van der Waals surface area contributed by atoms with E-state index in [9.17, 15) is 28.1 Å². The first-order valence-corrected chi connectivity index (χ1v) is 7.19. The third-order valence-electron chi connectivity index (χ3n) is 3.77. The summed E-state index contributed by atoms with van der Waals surface area (Å²) in [5, 5.41) is 19.8. The number of piperazine rings is 1. The molecule has 0 spiro atoms. The van der Waals surface area contributed by atoms with Gasteiger partial charge in [-0.15, -0.1) is 0 Å². The summed E-state index contributed by atoms with van der Waals surface area (Å²) in [6, 6.07) is 5.30. The SMILES string of the molecule is O=C(c1cccc([N+](=O)[O-])c1)N1CCN(C[C@@H](O)C(F)(F)F)CC1. The number of halogens is 3. The van der Waals surface area contributed by atoms with Crippen LogP contribution in [0.25, 0.3) is 0 Å². The summed E-state index contributed by atoms with van der Waals surface area (Å²) in [5.74, 6) is -0.408. The molecule has 1 saturated heterocycles. The summed E-state index contributed by atoms with van der Waals surface area (Å²) < 4.78 is 37.0. The fourth-order valence-electron chi connectivity index (χ4n) is 2.42. The van der Waals surface area contributed by atoms with Gasteiger partial charge in [0.25, 0.3) is 11.6 Å². The lowest BCUT2D eigenvalue weighted by atomic mass is 10.1. The molecule has 1 aliphatic rings. The number of amides is 1. The number of benzene rings is 1. The van der Waals surface area contributed by atoms with Gasteiger partial charge >= 0.3 is 6.18 Å². The maximum atomic E-state index is 12.3. The number of non-ortho nitro benzene ring substituents is 1. The Morgan fingerprint density at radius 2 is 1.92 bits per heavy atom. The third-order valence-corrected chi connectivity index (χ3v) is 3.77. The number of β-amino-alcohol motifs (C(OH)–C–C–N with tert-alkyl or cyclic N) is 1. The van der Waals surface area contributed by atoms with Crippen molar-refractivity contribution in [3.05, 3.63) is 39.9 Å². The van der Waals surface area contributed by atoms with Crippen LogP contribution in [0.3, 0.4) is 0 Å². The van der Waals surface area contributed by atoms with Crippen LogP contribution < -0.4 is 0 Å². The number of hydrogen-bond acceptors (Lipinski definition) is 5. The van der Waals surface area contributed by atoms with Crippen LogP contribution in [0.4, 0.5) is 18.9 Å². The lowest BCUT2D eigenvalue weighted by Crippen LogP contribution is -2.52. The number of rotatable bonds is 4. The van der Waals surface area contributed by atoms with E-state index in [1.54, 1.807) is 0 Å². The van der Waals surface area contributed by atoms with E-state index in [0.717, 1.165) is 0 Å². The van der Waals surface area contributed by atoms with E-state index in [1.807, 2.05) is 0 Å². The molecule has 0 bridgehead atoms. The Morgan fingerprint density at radius 3 is 2.46 bits per heavy atom. The second-order valence-electron chi connectivity index (χ2n) is 5.46. The summed E-state index contributed by atoms with van der Waals surface area (Å²) >= 11 is 0. The normalized spacial score (nSPS) is 17.6. The molecule has 0 aliphatic carbocycles. The van der Waals surface area contributed by atoms with Crippen LogP contribution in [0, 0.1) is 10.1 Å². The molecule has 1 atom stereocenters. The smallest absolute Gasteiger partial charge is 0.382 e. The lowest BCUT2D eigenvalue weighted by molar-refractivity contribution is -0.384. The van der Waals surface area contributed by atoms with Crippen molar-refractivity contribution >= 4 is 11.6 Å². The molecule has 7 nitrogen and oxygen atoms in total. The van der Waals surface area contributed by atoms with Crippen LogP contribution in [-0.4, -0.2) is 70.7 Å². The number of carbonyl (C=O) groups is 1. The summed E-state index contributed by atoms with van der Waals surface area (Å²) in [7, 11) is 0. The second-order valence-corrected chi connectivity index (χ2v) is 5.46. The lowest BCUT2D eigenvalue weighted by Gasteiger charge is -2.35.